The van der Waals surface area contributed by atoms with Gasteiger partial charge >= 0.3 is 0 Å². The van der Waals surface area contributed by atoms with E-state index in [0.717, 1.165) is 11.3 Å². The van der Waals surface area contributed by atoms with Crippen LogP contribution >= 0.6 is 0 Å². The lowest BCUT2D eigenvalue weighted by Gasteiger charge is -2.29. The van der Waals surface area contributed by atoms with Crippen LogP contribution in [-0.4, -0.2) is 33.0 Å². The summed E-state index contributed by atoms with van der Waals surface area (Å²) in [6.45, 7) is 1.67. The van der Waals surface area contributed by atoms with E-state index in [9.17, 15) is 8.42 Å². The number of benzene rings is 1. The van der Waals surface area contributed by atoms with Crippen LogP contribution in [0.15, 0.2) is 24.3 Å². The standard InChI is InChI=1S/C11H16N2O2S/c12-9-10-2-1-3-11(8-10)13-4-6-16(14,15)7-5-13/h1-3,8H,4-7,9,12H2. The van der Waals surface area contributed by atoms with Crippen LogP contribution < -0.4 is 10.6 Å². The van der Waals surface area contributed by atoms with Gasteiger partial charge in [-0.2, -0.15) is 0 Å². The van der Waals surface area contributed by atoms with Gasteiger partial charge in [-0.25, -0.2) is 8.42 Å². The lowest BCUT2D eigenvalue weighted by atomic mass is 10.2. The first kappa shape index (κ1) is 11.4. The summed E-state index contributed by atoms with van der Waals surface area (Å²) in [7, 11) is -2.81. The van der Waals surface area contributed by atoms with Crippen LogP contribution in [-0.2, 0) is 16.4 Å². The molecule has 88 valence electrons. The van der Waals surface area contributed by atoms with Crippen LogP contribution in [0, 0.1) is 0 Å². The summed E-state index contributed by atoms with van der Waals surface area (Å²) in [4.78, 5) is 2.10. The first-order valence-electron chi connectivity index (χ1n) is 5.35. The molecule has 1 saturated heterocycles. The molecule has 0 unspecified atom stereocenters. The van der Waals surface area contributed by atoms with Gasteiger partial charge in [-0.3, -0.25) is 0 Å². The SMILES string of the molecule is NCc1cccc(N2CCS(=O)(=O)CC2)c1. The number of hydrogen-bond acceptors (Lipinski definition) is 4. The van der Waals surface area contributed by atoms with E-state index in [0.29, 0.717) is 19.6 Å². The molecule has 0 bridgehead atoms. The Balaban J connectivity index is 2.13. The van der Waals surface area contributed by atoms with Crippen molar-refractivity contribution in [3.8, 4) is 0 Å². The maximum atomic E-state index is 11.3. The molecule has 5 heteroatoms. The van der Waals surface area contributed by atoms with Crippen LogP contribution in [0.5, 0.6) is 0 Å². The largest absolute Gasteiger partial charge is 0.369 e. The zero-order valence-corrected chi connectivity index (χ0v) is 9.91. The molecule has 0 aliphatic carbocycles. The van der Waals surface area contributed by atoms with Crippen molar-refractivity contribution in [2.45, 2.75) is 6.54 Å². The molecule has 0 spiro atoms. The van der Waals surface area contributed by atoms with Crippen molar-refractivity contribution in [2.24, 2.45) is 5.73 Å². The Labute approximate surface area is 96.0 Å². The molecular weight excluding hydrogens is 224 g/mol. The van der Waals surface area contributed by atoms with Gasteiger partial charge in [-0.05, 0) is 17.7 Å². The second-order valence-corrected chi connectivity index (χ2v) is 6.32. The molecule has 0 saturated carbocycles. The first-order valence-corrected chi connectivity index (χ1v) is 7.17. The zero-order valence-electron chi connectivity index (χ0n) is 9.09. The van der Waals surface area contributed by atoms with Gasteiger partial charge in [0, 0.05) is 25.3 Å². The maximum Gasteiger partial charge on any atom is 0.153 e. The second-order valence-electron chi connectivity index (χ2n) is 4.01. The predicted octanol–water partition coefficient (Wildman–Crippen LogP) is 0.380. The van der Waals surface area contributed by atoms with Gasteiger partial charge in [-0.15, -0.1) is 0 Å². The molecule has 1 aliphatic heterocycles. The highest BCUT2D eigenvalue weighted by atomic mass is 32.2. The highest BCUT2D eigenvalue weighted by Gasteiger charge is 2.21. The minimum absolute atomic E-state index is 0.250. The average Bonchev–Trinajstić information content (AvgIpc) is 2.29. The number of anilines is 1. The Morgan fingerprint density at radius 1 is 1.25 bits per heavy atom. The number of sulfone groups is 1. The van der Waals surface area contributed by atoms with Crippen LogP contribution in [0.1, 0.15) is 5.56 Å². The molecule has 0 aromatic heterocycles. The van der Waals surface area contributed by atoms with Gasteiger partial charge in [-0.1, -0.05) is 12.1 Å². The summed E-state index contributed by atoms with van der Waals surface area (Å²) in [5.41, 5.74) is 7.72. The van der Waals surface area contributed by atoms with E-state index in [1.807, 2.05) is 24.3 Å². The Hall–Kier alpha value is -1.07. The molecule has 1 fully saturated rings. The molecular formula is C11H16N2O2S. The Morgan fingerprint density at radius 3 is 2.56 bits per heavy atom. The van der Waals surface area contributed by atoms with Crippen molar-refractivity contribution in [3.05, 3.63) is 29.8 Å². The number of nitrogens with two attached hydrogens (primary N) is 1. The Kier molecular flexibility index (Phi) is 3.16. The molecule has 4 nitrogen and oxygen atoms in total. The van der Waals surface area contributed by atoms with Crippen LogP contribution in [0.3, 0.4) is 0 Å². The van der Waals surface area contributed by atoms with Crippen molar-refractivity contribution in [3.63, 3.8) is 0 Å². The van der Waals surface area contributed by atoms with Crippen molar-refractivity contribution >= 4 is 15.5 Å². The molecule has 2 rings (SSSR count). The molecule has 1 aliphatic rings. The third kappa shape index (κ3) is 2.54. The molecule has 1 heterocycles. The molecule has 2 N–H and O–H groups in total. The van der Waals surface area contributed by atoms with Crippen LogP contribution in [0.25, 0.3) is 0 Å². The lowest BCUT2D eigenvalue weighted by Crippen LogP contribution is -2.40. The third-order valence-electron chi connectivity index (χ3n) is 2.86. The lowest BCUT2D eigenvalue weighted by molar-refractivity contribution is 0.587. The molecule has 1 aromatic rings. The molecule has 0 amide bonds. The summed E-state index contributed by atoms with van der Waals surface area (Å²) in [6.07, 6.45) is 0. The summed E-state index contributed by atoms with van der Waals surface area (Å²) in [6, 6.07) is 7.96. The van der Waals surface area contributed by atoms with Crippen LogP contribution in [0.2, 0.25) is 0 Å². The van der Waals surface area contributed by atoms with E-state index in [2.05, 4.69) is 4.90 Å². The summed E-state index contributed by atoms with van der Waals surface area (Å²) >= 11 is 0. The molecule has 0 atom stereocenters. The van der Waals surface area contributed by atoms with Gasteiger partial charge in [0.25, 0.3) is 0 Å². The van der Waals surface area contributed by atoms with Crippen molar-refractivity contribution < 1.29 is 8.42 Å². The predicted molar refractivity (Wildman–Crippen MR) is 65.2 cm³/mol. The van der Waals surface area contributed by atoms with E-state index >= 15 is 0 Å². The average molecular weight is 240 g/mol. The van der Waals surface area contributed by atoms with Gasteiger partial charge in [0.1, 0.15) is 0 Å². The second kappa shape index (κ2) is 4.43. The van der Waals surface area contributed by atoms with Gasteiger partial charge in [0.15, 0.2) is 9.84 Å². The van der Waals surface area contributed by atoms with Crippen LogP contribution in [0.4, 0.5) is 5.69 Å². The minimum atomic E-state index is -2.81. The van der Waals surface area contributed by atoms with E-state index in [1.165, 1.54) is 0 Å². The fourth-order valence-electron chi connectivity index (χ4n) is 1.85. The third-order valence-corrected chi connectivity index (χ3v) is 4.46. The number of rotatable bonds is 2. The summed E-state index contributed by atoms with van der Waals surface area (Å²) in [5, 5.41) is 0. The smallest absolute Gasteiger partial charge is 0.153 e. The van der Waals surface area contributed by atoms with Crippen molar-refractivity contribution in [2.75, 3.05) is 29.5 Å². The molecule has 1 aromatic carbocycles. The monoisotopic (exact) mass is 240 g/mol. The summed E-state index contributed by atoms with van der Waals surface area (Å²) < 4.78 is 22.6. The highest BCUT2D eigenvalue weighted by Crippen LogP contribution is 2.18. The van der Waals surface area contributed by atoms with E-state index in [1.54, 1.807) is 0 Å². The number of nitrogens with zero attached hydrogens (tertiary/aromatic N) is 1. The van der Waals surface area contributed by atoms with Gasteiger partial charge < -0.3 is 10.6 Å². The van der Waals surface area contributed by atoms with Crippen molar-refractivity contribution in [1.29, 1.82) is 0 Å². The highest BCUT2D eigenvalue weighted by molar-refractivity contribution is 7.91. The molecule has 16 heavy (non-hydrogen) atoms. The Bertz CT molecular complexity index is 457. The van der Waals surface area contributed by atoms with E-state index in [-0.39, 0.29) is 11.5 Å². The normalized spacial score (nSPS) is 19.7. The number of hydrogen-bond donors (Lipinski definition) is 1. The van der Waals surface area contributed by atoms with E-state index in [4.69, 9.17) is 5.73 Å². The maximum absolute atomic E-state index is 11.3. The van der Waals surface area contributed by atoms with Crippen molar-refractivity contribution in [1.82, 2.24) is 0 Å². The van der Waals surface area contributed by atoms with Gasteiger partial charge in [0.2, 0.25) is 0 Å². The quantitative estimate of drug-likeness (QED) is 0.811. The fraction of sp³-hybridized carbons (Fsp3) is 0.455. The van der Waals surface area contributed by atoms with Gasteiger partial charge in [0.05, 0.1) is 11.5 Å². The molecule has 0 radical (unpaired) electrons. The first-order chi connectivity index (χ1) is 7.61. The fourth-order valence-corrected chi connectivity index (χ4v) is 3.05. The zero-order chi connectivity index (χ0) is 11.6. The minimum Gasteiger partial charge on any atom is -0.369 e. The topological polar surface area (TPSA) is 63.4 Å². The summed E-state index contributed by atoms with van der Waals surface area (Å²) in [5.74, 6) is 0.500. The Morgan fingerprint density at radius 2 is 1.94 bits per heavy atom. The van der Waals surface area contributed by atoms with E-state index < -0.39 is 9.84 Å².